The first-order chi connectivity index (χ1) is 29.2. The molecule has 6 aromatic rings. The van der Waals surface area contributed by atoms with E-state index in [9.17, 15) is 0 Å². The quantitative estimate of drug-likeness (QED) is 0.101. The highest BCUT2D eigenvalue weighted by atomic mass is 15.2. The maximum Gasteiger partial charge on any atom is 0.0547 e. The molecular weight excluding hydrogens is 761 g/mol. The standard InChI is InChI=1S/C54H70N8/c1-51(2,3)39-21-25-55-47(29-39)35-61(36-48-30-40(22-26-56-48)52(4,5)6)33-45-17-13-15-43(59-45)19-20-44-16-14-18-46(60-44)34-62(37-49-31-41(23-27-57-49)53(7,8)9)38-50-32-42(24-28-58-50)54(10,11)12/h13-18,21-32H,19-20,33-38H2,1-12H3. The van der Waals surface area contributed by atoms with Crippen LogP contribution in [0.1, 0.15) is 151 Å². The zero-order chi connectivity index (χ0) is 44.7. The Morgan fingerprint density at radius 3 is 0.823 bits per heavy atom. The summed E-state index contributed by atoms with van der Waals surface area (Å²) in [5.74, 6) is 0. The lowest BCUT2D eigenvalue weighted by molar-refractivity contribution is 0.238. The number of nitrogens with zero attached hydrogens (tertiary/aromatic N) is 8. The van der Waals surface area contributed by atoms with Crippen molar-refractivity contribution in [1.29, 1.82) is 0 Å². The second-order valence-corrected chi connectivity index (χ2v) is 21.2. The van der Waals surface area contributed by atoms with Gasteiger partial charge in [-0.25, -0.2) is 0 Å². The summed E-state index contributed by atoms with van der Waals surface area (Å²) in [5, 5.41) is 0. The van der Waals surface area contributed by atoms with Gasteiger partial charge in [0.05, 0.1) is 34.2 Å². The molecule has 326 valence electrons. The minimum absolute atomic E-state index is 0.0427. The zero-order valence-corrected chi connectivity index (χ0v) is 39.6. The molecule has 0 aromatic carbocycles. The minimum Gasteiger partial charge on any atom is -0.286 e. The molecule has 6 heterocycles. The average Bonchev–Trinajstić information content (AvgIpc) is 3.19. The first-order valence-corrected chi connectivity index (χ1v) is 22.3. The maximum atomic E-state index is 5.21. The molecule has 0 N–H and O–H groups in total. The van der Waals surface area contributed by atoms with Crippen molar-refractivity contribution in [2.45, 2.75) is 157 Å². The van der Waals surface area contributed by atoms with Gasteiger partial charge in [-0.3, -0.25) is 39.7 Å². The topological polar surface area (TPSA) is 83.8 Å². The van der Waals surface area contributed by atoms with Crippen molar-refractivity contribution in [3.63, 3.8) is 0 Å². The summed E-state index contributed by atoms with van der Waals surface area (Å²) in [7, 11) is 0. The van der Waals surface area contributed by atoms with Crippen LogP contribution < -0.4 is 0 Å². The summed E-state index contributed by atoms with van der Waals surface area (Å²) in [6, 6.07) is 30.3. The molecule has 0 bridgehead atoms. The van der Waals surface area contributed by atoms with Crippen molar-refractivity contribution in [2.24, 2.45) is 0 Å². The molecule has 0 radical (unpaired) electrons. The molecule has 0 atom stereocenters. The Morgan fingerprint density at radius 1 is 0.323 bits per heavy atom. The summed E-state index contributed by atoms with van der Waals surface area (Å²) in [4.78, 5) is 34.5. The van der Waals surface area contributed by atoms with Gasteiger partial charge in [0.2, 0.25) is 0 Å². The first-order valence-electron chi connectivity index (χ1n) is 22.3. The molecule has 0 saturated carbocycles. The van der Waals surface area contributed by atoms with Gasteiger partial charge in [0.1, 0.15) is 0 Å². The zero-order valence-electron chi connectivity index (χ0n) is 39.6. The van der Waals surface area contributed by atoms with Gasteiger partial charge in [-0.2, -0.15) is 0 Å². The monoisotopic (exact) mass is 831 g/mol. The smallest absolute Gasteiger partial charge is 0.0547 e. The molecule has 0 amide bonds. The van der Waals surface area contributed by atoms with E-state index in [4.69, 9.17) is 29.9 Å². The van der Waals surface area contributed by atoms with Crippen LogP contribution in [0.5, 0.6) is 0 Å². The van der Waals surface area contributed by atoms with Crippen molar-refractivity contribution < 1.29 is 0 Å². The van der Waals surface area contributed by atoms with Crippen LogP contribution in [0.3, 0.4) is 0 Å². The molecule has 0 aliphatic rings. The van der Waals surface area contributed by atoms with E-state index in [0.717, 1.165) is 58.4 Å². The van der Waals surface area contributed by atoms with Gasteiger partial charge in [-0.1, -0.05) is 95.2 Å². The molecule has 0 saturated heterocycles. The maximum absolute atomic E-state index is 5.21. The van der Waals surface area contributed by atoms with Gasteiger partial charge in [0, 0.05) is 75.4 Å². The van der Waals surface area contributed by atoms with Crippen LogP contribution in [0, 0.1) is 0 Å². The van der Waals surface area contributed by atoms with Crippen LogP contribution >= 0.6 is 0 Å². The van der Waals surface area contributed by atoms with Crippen LogP contribution in [0.4, 0.5) is 0 Å². The molecule has 8 nitrogen and oxygen atoms in total. The Kier molecular flexibility index (Phi) is 14.5. The fourth-order valence-electron chi connectivity index (χ4n) is 7.60. The molecule has 6 aromatic heterocycles. The van der Waals surface area contributed by atoms with E-state index in [1.54, 1.807) is 0 Å². The Hall–Kier alpha value is -5.18. The van der Waals surface area contributed by atoms with Gasteiger partial charge in [-0.15, -0.1) is 0 Å². The molecule has 0 aliphatic heterocycles. The number of hydrogen-bond acceptors (Lipinski definition) is 8. The molecule has 0 fully saturated rings. The van der Waals surface area contributed by atoms with Crippen molar-refractivity contribution in [3.05, 3.63) is 178 Å². The van der Waals surface area contributed by atoms with Crippen molar-refractivity contribution in [2.75, 3.05) is 0 Å². The van der Waals surface area contributed by atoms with Gasteiger partial charge in [0.15, 0.2) is 0 Å². The van der Waals surface area contributed by atoms with Crippen molar-refractivity contribution >= 4 is 0 Å². The fraction of sp³-hybridized carbons (Fsp3) is 0.444. The van der Waals surface area contributed by atoms with Gasteiger partial charge in [0.25, 0.3) is 0 Å². The Balaban J connectivity index is 1.18. The third-order valence-corrected chi connectivity index (χ3v) is 11.4. The molecule has 0 unspecified atom stereocenters. The van der Waals surface area contributed by atoms with Crippen LogP contribution in [-0.2, 0) is 73.8 Å². The highest BCUT2D eigenvalue weighted by Gasteiger charge is 2.21. The van der Waals surface area contributed by atoms with E-state index in [1.165, 1.54) is 22.3 Å². The fourth-order valence-corrected chi connectivity index (χ4v) is 7.60. The predicted octanol–water partition coefficient (Wildman–Crippen LogP) is 11.4. The van der Waals surface area contributed by atoms with E-state index in [-0.39, 0.29) is 21.7 Å². The number of rotatable bonds is 15. The van der Waals surface area contributed by atoms with Gasteiger partial charge < -0.3 is 0 Å². The summed E-state index contributed by atoms with van der Waals surface area (Å²) in [6.07, 6.45) is 9.36. The lowest BCUT2D eigenvalue weighted by atomic mass is 9.87. The van der Waals surface area contributed by atoms with Crippen molar-refractivity contribution in [3.8, 4) is 0 Å². The molecule has 62 heavy (non-hydrogen) atoms. The number of pyridine rings is 6. The predicted molar refractivity (Wildman–Crippen MR) is 254 cm³/mol. The Morgan fingerprint density at radius 2 is 0.565 bits per heavy atom. The van der Waals surface area contributed by atoms with E-state index in [0.29, 0.717) is 39.3 Å². The average molecular weight is 831 g/mol. The SMILES string of the molecule is CC(C)(C)c1ccnc(CN(Cc2cc(C(C)(C)C)ccn2)Cc2cccc(CCc3cccc(CN(Cc4cc(C(C)(C)C)ccn4)Cc4cc(C(C)(C)C)ccn4)n3)n2)c1. The largest absolute Gasteiger partial charge is 0.286 e. The van der Waals surface area contributed by atoms with Crippen LogP contribution in [0.25, 0.3) is 0 Å². The third-order valence-electron chi connectivity index (χ3n) is 11.4. The highest BCUT2D eigenvalue weighted by molar-refractivity contribution is 5.28. The van der Waals surface area contributed by atoms with Crippen LogP contribution in [-0.4, -0.2) is 39.7 Å². The number of aromatic nitrogens is 6. The summed E-state index contributed by atoms with van der Waals surface area (Å²) >= 11 is 0. The summed E-state index contributed by atoms with van der Waals surface area (Å²) < 4.78 is 0. The number of aryl methyl sites for hydroxylation is 2. The number of hydrogen-bond donors (Lipinski definition) is 0. The highest BCUT2D eigenvalue weighted by Crippen LogP contribution is 2.27. The lowest BCUT2D eigenvalue weighted by Crippen LogP contribution is -2.25. The van der Waals surface area contributed by atoms with Crippen molar-refractivity contribution in [1.82, 2.24) is 39.7 Å². The molecule has 0 aliphatic carbocycles. The van der Waals surface area contributed by atoms with Crippen LogP contribution in [0.2, 0.25) is 0 Å². The van der Waals surface area contributed by atoms with E-state index < -0.39 is 0 Å². The second kappa shape index (κ2) is 19.5. The van der Waals surface area contributed by atoms with Crippen LogP contribution in [0.15, 0.2) is 110 Å². The lowest BCUT2D eigenvalue weighted by Gasteiger charge is -2.25. The molecule has 8 heteroatoms. The van der Waals surface area contributed by atoms with E-state index in [2.05, 4.69) is 178 Å². The first kappa shape index (κ1) is 46.3. The van der Waals surface area contributed by atoms with E-state index in [1.807, 2.05) is 24.8 Å². The molecule has 6 rings (SSSR count). The Labute approximate surface area is 372 Å². The molecular formula is C54H70N8. The third kappa shape index (κ3) is 13.7. The molecule has 0 spiro atoms. The minimum atomic E-state index is 0.0427. The summed E-state index contributed by atoms with van der Waals surface area (Å²) in [6.45, 7) is 31.1. The van der Waals surface area contributed by atoms with E-state index >= 15 is 0 Å². The Bertz CT molecular complexity index is 2100. The summed E-state index contributed by atoms with van der Waals surface area (Å²) in [5.41, 5.74) is 13.7. The van der Waals surface area contributed by atoms with Gasteiger partial charge >= 0.3 is 0 Å². The van der Waals surface area contributed by atoms with Gasteiger partial charge in [-0.05, 0) is 130 Å². The normalized spacial score (nSPS) is 12.7. The second-order valence-electron chi connectivity index (χ2n) is 21.2.